The second-order valence-corrected chi connectivity index (χ2v) is 6.68. The maximum atomic E-state index is 11.0. The Bertz CT molecular complexity index is 572. The van der Waals surface area contributed by atoms with Crippen molar-refractivity contribution in [3.8, 4) is 5.75 Å². The van der Waals surface area contributed by atoms with Crippen LogP contribution in [0.2, 0.25) is 0 Å². The first-order chi connectivity index (χ1) is 11.0. The Morgan fingerprint density at radius 2 is 1.78 bits per heavy atom. The van der Waals surface area contributed by atoms with Crippen LogP contribution in [0.1, 0.15) is 25.7 Å². The minimum Gasteiger partial charge on any atom is -0.495 e. The van der Waals surface area contributed by atoms with Gasteiger partial charge in [0.2, 0.25) is 0 Å². The number of piperidine rings is 2. The summed E-state index contributed by atoms with van der Waals surface area (Å²) in [7, 11) is 1.64. The molecule has 0 aliphatic carbocycles. The molecule has 23 heavy (non-hydrogen) atoms. The topological polar surface area (TPSA) is 79.0 Å². The molecule has 1 aromatic rings. The van der Waals surface area contributed by atoms with Crippen LogP contribution in [0.15, 0.2) is 18.2 Å². The molecule has 2 aliphatic rings. The monoisotopic (exact) mass is 319 g/mol. The number of methoxy groups -OCH3 is 1. The molecular formula is C17H25N3O3. The van der Waals surface area contributed by atoms with Crippen molar-refractivity contribution in [2.24, 2.45) is 5.41 Å². The molecule has 3 N–H and O–H groups in total. The molecule has 0 bridgehead atoms. The Morgan fingerprint density at radius 3 is 2.35 bits per heavy atom. The van der Waals surface area contributed by atoms with Crippen molar-refractivity contribution in [3.63, 3.8) is 0 Å². The van der Waals surface area contributed by atoms with Gasteiger partial charge in [-0.15, -0.1) is 0 Å². The molecule has 126 valence electrons. The first kappa shape index (κ1) is 15.8. The van der Waals surface area contributed by atoms with Gasteiger partial charge in [-0.05, 0) is 43.2 Å². The summed E-state index contributed by atoms with van der Waals surface area (Å²) in [6, 6.07) is 5.94. The smallest absolute Gasteiger partial charge is 0.407 e. The molecule has 2 fully saturated rings. The van der Waals surface area contributed by atoms with E-state index in [1.165, 1.54) is 0 Å². The van der Waals surface area contributed by atoms with E-state index in [0.717, 1.165) is 50.2 Å². The van der Waals surface area contributed by atoms with Gasteiger partial charge in [-0.1, -0.05) is 0 Å². The Balaban J connectivity index is 1.62. The Kier molecular flexibility index (Phi) is 4.24. The summed E-state index contributed by atoms with van der Waals surface area (Å²) in [6.07, 6.45) is 3.42. The number of amides is 1. The molecule has 1 aromatic carbocycles. The van der Waals surface area contributed by atoms with Crippen molar-refractivity contribution in [1.29, 1.82) is 0 Å². The van der Waals surface area contributed by atoms with Crippen molar-refractivity contribution in [2.75, 3.05) is 43.9 Å². The van der Waals surface area contributed by atoms with Crippen molar-refractivity contribution >= 4 is 17.5 Å². The predicted octanol–water partition coefficient (Wildman–Crippen LogP) is 2.64. The number of hydrogen-bond donors (Lipinski definition) is 2. The summed E-state index contributed by atoms with van der Waals surface area (Å²) in [6.45, 7) is 3.34. The minimum absolute atomic E-state index is 0.320. The molecular weight excluding hydrogens is 294 g/mol. The standard InChI is InChI=1S/C17H25N3O3/c1-23-15-12-13(2-3-14(15)18)19-8-4-17(5-9-19)6-10-20(11-7-17)16(21)22/h2-3,12H,4-11,18H2,1H3,(H,21,22). The molecule has 6 heteroatoms. The van der Waals surface area contributed by atoms with E-state index in [0.29, 0.717) is 24.2 Å². The maximum absolute atomic E-state index is 11.0. The largest absolute Gasteiger partial charge is 0.495 e. The highest BCUT2D eigenvalue weighted by atomic mass is 16.5. The quantitative estimate of drug-likeness (QED) is 0.819. The lowest BCUT2D eigenvalue weighted by atomic mass is 9.71. The molecule has 2 saturated heterocycles. The lowest BCUT2D eigenvalue weighted by Gasteiger charge is -2.47. The van der Waals surface area contributed by atoms with Crippen LogP contribution >= 0.6 is 0 Å². The molecule has 6 nitrogen and oxygen atoms in total. The van der Waals surface area contributed by atoms with Crippen LogP contribution in [0.3, 0.4) is 0 Å². The van der Waals surface area contributed by atoms with Crippen molar-refractivity contribution in [1.82, 2.24) is 4.90 Å². The van der Waals surface area contributed by atoms with Crippen molar-refractivity contribution in [2.45, 2.75) is 25.7 Å². The zero-order chi connectivity index (χ0) is 16.4. The fraction of sp³-hybridized carbons (Fsp3) is 0.588. The molecule has 2 aliphatic heterocycles. The first-order valence-electron chi connectivity index (χ1n) is 8.19. The summed E-state index contributed by atoms with van der Waals surface area (Å²) in [4.78, 5) is 15.0. The summed E-state index contributed by atoms with van der Waals surface area (Å²) >= 11 is 0. The van der Waals surface area contributed by atoms with E-state index in [9.17, 15) is 4.79 Å². The third kappa shape index (κ3) is 3.16. The fourth-order valence-electron chi connectivity index (χ4n) is 3.81. The number of nitrogen functional groups attached to an aromatic ring is 1. The van der Waals surface area contributed by atoms with Crippen LogP contribution in [0.5, 0.6) is 5.75 Å². The van der Waals surface area contributed by atoms with E-state index in [1.807, 2.05) is 18.2 Å². The first-order valence-corrected chi connectivity index (χ1v) is 8.19. The lowest BCUT2D eigenvalue weighted by Crippen LogP contribution is -2.48. The Labute approximate surface area is 136 Å². The third-order valence-electron chi connectivity index (χ3n) is 5.50. The highest BCUT2D eigenvalue weighted by Gasteiger charge is 2.38. The van der Waals surface area contributed by atoms with E-state index in [4.69, 9.17) is 15.6 Å². The molecule has 2 heterocycles. The van der Waals surface area contributed by atoms with Crippen LogP contribution in [0, 0.1) is 5.41 Å². The number of carboxylic acid groups (broad SMARTS) is 1. The highest BCUT2D eigenvalue weighted by Crippen LogP contribution is 2.42. The van der Waals surface area contributed by atoms with Crippen LogP contribution in [-0.4, -0.2) is 49.4 Å². The highest BCUT2D eigenvalue weighted by molar-refractivity contribution is 5.65. The van der Waals surface area contributed by atoms with Gasteiger partial charge in [-0.25, -0.2) is 4.79 Å². The van der Waals surface area contributed by atoms with Gasteiger partial charge in [0, 0.05) is 37.9 Å². The van der Waals surface area contributed by atoms with E-state index in [-0.39, 0.29) is 0 Å². The van der Waals surface area contributed by atoms with Gasteiger partial charge < -0.3 is 25.4 Å². The predicted molar refractivity (Wildman–Crippen MR) is 90.1 cm³/mol. The summed E-state index contributed by atoms with van der Waals surface area (Å²) in [5.74, 6) is 0.720. The minimum atomic E-state index is -0.786. The van der Waals surface area contributed by atoms with E-state index in [2.05, 4.69) is 4.90 Å². The van der Waals surface area contributed by atoms with Crippen LogP contribution in [0.4, 0.5) is 16.2 Å². The van der Waals surface area contributed by atoms with E-state index in [1.54, 1.807) is 12.0 Å². The second kappa shape index (κ2) is 6.18. The third-order valence-corrected chi connectivity index (χ3v) is 5.50. The molecule has 0 unspecified atom stereocenters. The van der Waals surface area contributed by atoms with Crippen LogP contribution in [0.25, 0.3) is 0 Å². The molecule has 0 atom stereocenters. The van der Waals surface area contributed by atoms with Crippen molar-refractivity contribution < 1.29 is 14.6 Å². The summed E-state index contributed by atoms with van der Waals surface area (Å²) < 4.78 is 5.31. The Morgan fingerprint density at radius 1 is 1.17 bits per heavy atom. The van der Waals surface area contributed by atoms with E-state index >= 15 is 0 Å². The Hall–Kier alpha value is -2.11. The average molecular weight is 319 g/mol. The summed E-state index contributed by atoms with van der Waals surface area (Å²) in [5, 5.41) is 9.08. The second-order valence-electron chi connectivity index (χ2n) is 6.68. The number of hydrogen-bond acceptors (Lipinski definition) is 4. The molecule has 3 rings (SSSR count). The number of nitrogens with zero attached hydrogens (tertiary/aromatic N) is 2. The molecule has 0 radical (unpaired) electrons. The average Bonchev–Trinajstić information content (AvgIpc) is 2.57. The maximum Gasteiger partial charge on any atom is 0.407 e. The molecule has 1 amide bonds. The van der Waals surface area contributed by atoms with Crippen LogP contribution < -0.4 is 15.4 Å². The fourth-order valence-corrected chi connectivity index (χ4v) is 3.81. The molecule has 0 aromatic heterocycles. The SMILES string of the molecule is COc1cc(N2CCC3(CCN(C(=O)O)CC3)CC2)ccc1N. The van der Waals surface area contributed by atoms with Crippen molar-refractivity contribution in [3.05, 3.63) is 18.2 Å². The van der Waals surface area contributed by atoms with Gasteiger partial charge >= 0.3 is 6.09 Å². The number of carbonyl (C=O) groups is 1. The van der Waals surface area contributed by atoms with Gasteiger partial charge in [0.05, 0.1) is 12.8 Å². The van der Waals surface area contributed by atoms with Crippen LogP contribution in [-0.2, 0) is 0 Å². The normalized spacial score (nSPS) is 20.6. The van der Waals surface area contributed by atoms with Gasteiger partial charge in [-0.2, -0.15) is 0 Å². The lowest BCUT2D eigenvalue weighted by molar-refractivity contribution is 0.0736. The van der Waals surface area contributed by atoms with Gasteiger partial charge in [0.1, 0.15) is 5.75 Å². The molecule has 1 spiro atoms. The number of benzene rings is 1. The number of anilines is 2. The zero-order valence-electron chi connectivity index (χ0n) is 13.6. The van der Waals surface area contributed by atoms with Gasteiger partial charge in [-0.3, -0.25) is 0 Å². The summed E-state index contributed by atoms with van der Waals surface area (Å²) in [5.41, 5.74) is 8.01. The number of nitrogens with two attached hydrogens (primary N) is 1. The number of likely N-dealkylation sites (tertiary alicyclic amines) is 1. The molecule has 0 saturated carbocycles. The van der Waals surface area contributed by atoms with Gasteiger partial charge in [0.15, 0.2) is 0 Å². The number of ether oxygens (including phenoxy) is 1. The number of rotatable bonds is 2. The van der Waals surface area contributed by atoms with E-state index < -0.39 is 6.09 Å². The van der Waals surface area contributed by atoms with Gasteiger partial charge in [0.25, 0.3) is 0 Å². The zero-order valence-corrected chi connectivity index (χ0v) is 13.6.